The Morgan fingerprint density at radius 2 is 1.43 bits per heavy atom. The molecule has 1 nitrogen and oxygen atoms in total. The average Bonchev–Trinajstić information content (AvgIpc) is 3.42. The van der Waals surface area contributed by atoms with Crippen LogP contribution in [0.4, 0.5) is 0 Å². The van der Waals surface area contributed by atoms with Gasteiger partial charge < -0.3 is 5.11 Å². The second-order valence-corrected chi connectivity index (χ2v) is 6.32. The Hall–Kier alpha value is -2.93. The van der Waals surface area contributed by atoms with Gasteiger partial charge in [-0.3, -0.25) is 0 Å². The maximum Gasteiger partial charge on any atom is 2.00 e. The van der Waals surface area contributed by atoms with Crippen molar-refractivity contribution >= 4 is 6.08 Å². The monoisotopic (exact) mass is 406 g/mol. The fourth-order valence-corrected chi connectivity index (χ4v) is 2.68. The largest absolute Gasteiger partial charge is 2.00 e. The topological polar surface area (TPSA) is 23.1 Å². The van der Waals surface area contributed by atoms with E-state index in [0.717, 1.165) is 11.1 Å². The SMILES string of the molecule is Cc1ccc(-[c-]2cccc2)cc1.[Fe+2].[O-]C(C=Cc1ccccc1)=C1C=CC=C1. The van der Waals surface area contributed by atoms with E-state index in [1.807, 2.05) is 60.7 Å². The first-order chi connectivity index (χ1) is 13.2. The molecule has 0 heterocycles. The van der Waals surface area contributed by atoms with Crippen molar-refractivity contribution in [1.29, 1.82) is 0 Å². The summed E-state index contributed by atoms with van der Waals surface area (Å²) in [4.78, 5) is 0. The van der Waals surface area contributed by atoms with E-state index in [1.54, 1.807) is 6.08 Å². The fraction of sp³-hybridized carbons (Fsp3) is 0.0385. The predicted molar refractivity (Wildman–Crippen MR) is 113 cm³/mol. The standard InChI is InChI=1S/C14H12O.C12H11.Fe/c15-14(13-8-4-5-9-13)11-10-12-6-2-1-3-7-12;1-10-6-8-12(9-7-10)11-4-2-3-5-11;/h1-11,15H;2-9H,1H3;/q;-1;+2/p-1. The molecule has 28 heavy (non-hydrogen) atoms. The molecule has 0 N–H and O–H groups in total. The fourth-order valence-electron chi connectivity index (χ4n) is 2.68. The van der Waals surface area contributed by atoms with Gasteiger partial charge in [0.25, 0.3) is 0 Å². The van der Waals surface area contributed by atoms with Gasteiger partial charge in [-0.05, 0) is 18.1 Å². The molecule has 0 bridgehead atoms. The first-order valence-electron chi connectivity index (χ1n) is 9.00. The molecule has 4 rings (SSSR count). The van der Waals surface area contributed by atoms with E-state index < -0.39 is 0 Å². The van der Waals surface area contributed by atoms with Crippen molar-refractivity contribution in [3.63, 3.8) is 0 Å². The number of rotatable bonds is 3. The van der Waals surface area contributed by atoms with E-state index in [1.165, 1.54) is 16.7 Å². The van der Waals surface area contributed by atoms with Crippen LogP contribution in [-0.4, -0.2) is 0 Å². The van der Waals surface area contributed by atoms with Crippen molar-refractivity contribution < 1.29 is 22.2 Å². The van der Waals surface area contributed by atoms with Crippen molar-refractivity contribution in [2.24, 2.45) is 0 Å². The van der Waals surface area contributed by atoms with E-state index in [4.69, 9.17) is 0 Å². The number of hydrogen-bond acceptors (Lipinski definition) is 1. The summed E-state index contributed by atoms with van der Waals surface area (Å²) >= 11 is 0. The minimum Gasteiger partial charge on any atom is -0.872 e. The number of aryl methyl sites for hydroxylation is 1. The molecule has 0 saturated carbocycles. The molecule has 1 aliphatic carbocycles. The van der Waals surface area contributed by atoms with Crippen molar-refractivity contribution in [1.82, 2.24) is 0 Å². The molecule has 0 amide bonds. The van der Waals surface area contributed by atoms with Crippen LogP contribution in [0.15, 0.2) is 121 Å². The van der Waals surface area contributed by atoms with Gasteiger partial charge >= 0.3 is 17.1 Å². The minimum absolute atomic E-state index is 0. The molecule has 3 aromatic rings. The molecule has 0 radical (unpaired) electrons. The van der Waals surface area contributed by atoms with Gasteiger partial charge in [-0.15, -0.1) is 35.6 Å². The predicted octanol–water partition coefficient (Wildman–Crippen LogP) is 5.82. The van der Waals surface area contributed by atoms with Crippen LogP contribution in [-0.2, 0) is 17.1 Å². The molecule has 2 heteroatoms. The molecule has 0 aliphatic heterocycles. The van der Waals surface area contributed by atoms with Gasteiger partial charge in [0.2, 0.25) is 0 Å². The van der Waals surface area contributed by atoms with Crippen molar-refractivity contribution in [3.8, 4) is 11.1 Å². The first kappa shape index (κ1) is 21.4. The molecule has 0 atom stereocenters. The Morgan fingerprint density at radius 1 is 0.821 bits per heavy atom. The van der Waals surface area contributed by atoms with Gasteiger partial charge in [-0.1, -0.05) is 90.0 Å². The second-order valence-electron chi connectivity index (χ2n) is 6.32. The summed E-state index contributed by atoms with van der Waals surface area (Å²) in [6.07, 6.45) is 10.8. The molecule has 0 saturated heterocycles. The smallest absolute Gasteiger partial charge is 0.872 e. The molecule has 1 aliphatic rings. The maximum absolute atomic E-state index is 11.6. The van der Waals surface area contributed by atoms with E-state index in [-0.39, 0.29) is 22.8 Å². The zero-order valence-corrected chi connectivity index (χ0v) is 16.8. The minimum atomic E-state index is 0. The van der Waals surface area contributed by atoms with Crippen LogP contribution in [0.2, 0.25) is 0 Å². The van der Waals surface area contributed by atoms with E-state index in [2.05, 4.69) is 55.5 Å². The van der Waals surface area contributed by atoms with Crippen molar-refractivity contribution in [2.45, 2.75) is 6.92 Å². The molecular formula is C26H22FeO. The molecule has 0 spiro atoms. The van der Waals surface area contributed by atoms with E-state index in [0.29, 0.717) is 0 Å². The van der Waals surface area contributed by atoms with Crippen LogP contribution in [0.25, 0.3) is 17.2 Å². The van der Waals surface area contributed by atoms with Gasteiger partial charge in [0.1, 0.15) is 0 Å². The maximum atomic E-state index is 11.6. The molecule has 0 fully saturated rings. The Labute approximate surface area is 177 Å². The summed E-state index contributed by atoms with van der Waals surface area (Å²) in [6.45, 7) is 2.11. The summed E-state index contributed by atoms with van der Waals surface area (Å²) < 4.78 is 0. The summed E-state index contributed by atoms with van der Waals surface area (Å²) in [5.41, 5.74) is 5.69. The molecule has 140 valence electrons. The molecule has 0 aromatic heterocycles. The van der Waals surface area contributed by atoms with Gasteiger partial charge in [0.05, 0.1) is 0 Å². The Kier molecular flexibility index (Phi) is 8.42. The van der Waals surface area contributed by atoms with Crippen LogP contribution < -0.4 is 5.11 Å². The summed E-state index contributed by atoms with van der Waals surface area (Å²) in [7, 11) is 0. The van der Waals surface area contributed by atoms with E-state index >= 15 is 0 Å². The van der Waals surface area contributed by atoms with Crippen LogP contribution in [0.5, 0.6) is 0 Å². The van der Waals surface area contributed by atoms with Gasteiger partial charge in [0.15, 0.2) is 0 Å². The summed E-state index contributed by atoms with van der Waals surface area (Å²) in [5.74, 6) is 0.0452. The third-order valence-electron chi connectivity index (χ3n) is 4.22. The second kappa shape index (κ2) is 11.0. The number of benzene rings is 2. The third kappa shape index (κ3) is 6.35. The normalized spacial score (nSPS) is 11.8. The van der Waals surface area contributed by atoms with Gasteiger partial charge in [0, 0.05) is 0 Å². The molecule has 3 aromatic carbocycles. The van der Waals surface area contributed by atoms with Crippen molar-refractivity contribution in [2.75, 3.05) is 0 Å². The van der Waals surface area contributed by atoms with Crippen molar-refractivity contribution in [3.05, 3.63) is 132 Å². The van der Waals surface area contributed by atoms with Crippen LogP contribution in [0.1, 0.15) is 11.1 Å². The number of allylic oxidation sites excluding steroid dienone is 6. The Balaban J connectivity index is 0.000000198. The zero-order valence-electron chi connectivity index (χ0n) is 15.7. The molecular weight excluding hydrogens is 384 g/mol. The Bertz CT molecular complexity index is 943. The van der Waals surface area contributed by atoms with Crippen LogP contribution in [0, 0.1) is 6.92 Å². The first-order valence-corrected chi connectivity index (χ1v) is 9.00. The third-order valence-corrected chi connectivity index (χ3v) is 4.22. The average molecular weight is 406 g/mol. The number of hydrogen-bond donors (Lipinski definition) is 0. The van der Waals surface area contributed by atoms with Crippen LogP contribution in [0.3, 0.4) is 0 Å². The molecule has 0 unspecified atom stereocenters. The van der Waals surface area contributed by atoms with Crippen LogP contribution >= 0.6 is 0 Å². The van der Waals surface area contributed by atoms with Gasteiger partial charge in [-0.25, -0.2) is 0 Å². The quantitative estimate of drug-likeness (QED) is 0.305. The van der Waals surface area contributed by atoms with Gasteiger partial charge in [-0.2, -0.15) is 12.1 Å². The zero-order chi connectivity index (χ0) is 18.9. The Morgan fingerprint density at radius 3 is 2.04 bits per heavy atom. The summed E-state index contributed by atoms with van der Waals surface area (Å²) in [6, 6.07) is 26.8. The summed E-state index contributed by atoms with van der Waals surface area (Å²) in [5, 5.41) is 11.6. The van der Waals surface area contributed by atoms with E-state index in [9.17, 15) is 5.11 Å².